The van der Waals surface area contributed by atoms with Crippen LogP contribution in [0.25, 0.3) is 0 Å². The predicted molar refractivity (Wildman–Crippen MR) is 119 cm³/mol. The molecule has 0 saturated carbocycles. The van der Waals surface area contributed by atoms with Gasteiger partial charge in [-0.15, -0.1) is 0 Å². The first-order valence-electron chi connectivity index (χ1n) is 11.3. The van der Waals surface area contributed by atoms with Crippen molar-refractivity contribution in [2.45, 2.75) is 38.6 Å². The number of para-hydroxylation sites is 1. The van der Waals surface area contributed by atoms with E-state index in [0.717, 1.165) is 51.7 Å². The van der Waals surface area contributed by atoms with E-state index in [4.69, 9.17) is 0 Å². The van der Waals surface area contributed by atoms with Crippen molar-refractivity contribution in [2.24, 2.45) is 5.92 Å². The Morgan fingerprint density at radius 2 is 1.68 bits per heavy atom. The number of hydrogen-bond acceptors (Lipinski definition) is 3. The van der Waals surface area contributed by atoms with Crippen LogP contribution in [0.15, 0.2) is 48.5 Å². The molecule has 4 rings (SSSR count). The maximum Gasteiger partial charge on any atom is 0.255 e. The Bertz CT molecular complexity index is 926. The van der Waals surface area contributed by atoms with Gasteiger partial charge in [-0.2, -0.15) is 0 Å². The van der Waals surface area contributed by atoms with Gasteiger partial charge < -0.3 is 10.2 Å². The zero-order valence-electron chi connectivity index (χ0n) is 17.9. The molecule has 1 N–H and O–H groups in total. The highest BCUT2D eigenvalue weighted by atomic mass is 19.1. The highest BCUT2D eigenvalue weighted by molar-refractivity contribution is 6.04. The summed E-state index contributed by atoms with van der Waals surface area (Å²) in [6.45, 7) is 3.48. The van der Waals surface area contributed by atoms with Gasteiger partial charge in [0.1, 0.15) is 5.82 Å². The number of nitrogens with one attached hydrogen (secondary N) is 1. The average molecular weight is 424 g/mol. The van der Waals surface area contributed by atoms with Crippen LogP contribution in [-0.4, -0.2) is 47.8 Å². The van der Waals surface area contributed by atoms with Gasteiger partial charge in [0.25, 0.3) is 5.91 Å². The van der Waals surface area contributed by atoms with Gasteiger partial charge in [-0.05, 0) is 56.8 Å². The number of carbonyl (C=O) groups excluding carboxylic acids is 2. The molecule has 2 heterocycles. The zero-order valence-corrected chi connectivity index (χ0v) is 17.9. The number of carbonyl (C=O) groups is 2. The number of amides is 2. The molecular formula is C25H30FN3O2. The van der Waals surface area contributed by atoms with Crippen LogP contribution in [0.5, 0.6) is 0 Å². The summed E-state index contributed by atoms with van der Waals surface area (Å²) in [6, 6.07) is 14.1. The van der Waals surface area contributed by atoms with Gasteiger partial charge in [0, 0.05) is 31.7 Å². The SMILES string of the molecule is O=C(Nc1ccccc1C(=O)N1CCCCC1)C1CCCN(Cc2ccccc2F)C1. The molecule has 2 amide bonds. The number of likely N-dealkylation sites (tertiary alicyclic amines) is 2. The fourth-order valence-corrected chi connectivity index (χ4v) is 4.56. The van der Waals surface area contributed by atoms with Crippen LogP contribution in [0.1, 0.15) is 48.0 Å². The van der Waals surface area contributed by atoms with Gasteiger partial charge in [0.15, 0.2) is 0 Å². The van der Waals surface area contributed by atoms with E-state index < -0.39 is 0 Å². The normalized spacial score (nSPS) is 19.8. The highest BCUT2D eigenvalue weighted by Gasteiger charge is 2.28. The maximum atomic E-state index is 14.0. The lowest BCUT2D eigenvalue weighted by Crippen LogP contribution is -2.41. The van der Waals surface area contributed by atoms with E-state index in [2.05, 4.69) is 10.2 Å². The molecule has 2 aromatic rings. The first-order chi connectivity index (χ1) is 15.1. The van der Waals surface area contributed by atoms with E-state index >= 15 is 0 Å². The van der Waals surface area contributed by atoms with Gasteiger partial charge in [0.05, 0.1) is 17.2 Å². The molecule has 31 heavy (non-hydrogen) atoms. The number of halogens is 1. The molecule has 2 aliphatic heterocycles. The lowest BCUT2D eigenvalue weighted by molar-refractivity contribution is -0.121. The van der Waals surface area contributed by atoms with Gasteiger partial charge in [-0.3, -0.25) is 14.5 Å². The minimum atomic E-state index is -0.209. The smallest absolute Gasteiger partial charge is 0.255 e. The van der Waals surface area contributed by atoms with Crippen LogP contribution in [0.4, 0.5) is 10.1 Å². The Morgan fingerprint density at radius 1 is 0.935 bits per heavy atom. The largest absolute Gasteiger partial charge is 0.339 e. The molecule has 0 aliphatic carbocycles. The molecule has 0 bridgehead atoms. The van der Waals surface area contributed by atoms with E-state index in [0.29, 0.717) is 29.9 Å². The third-order valence-electron chi connectivity index (χ3n) is 6.29. The number of piperidine rings is 2. The number of benzene rings is 2. The number of hydrogen-bond donors (Lipinski definition) is 1. The lowest BCUT2D eigenvalue weighted by atomic mass is 9.96. The molecule has 164 valence electrons. The number of rotatable bonds is 5. The van der Waals surface area contributed by atoms with E-state index in [1.54, 1.807) is 24.3 Å². The van der Waals surface area contributed by atoms with Crippen molar-refractivity contribution in [2.75, 3.05) is 31.5 Å². The monoisotopic (exact) mass is 423 g/mol. The summed E-state index contributed by atoms with van der Waals surface area (Å²) in [5.41, 5.74) is 1.78. The minimum Gasteiger partial charge on any atom is -0.339 e. The Balaban J connectivity index is 1.41. The Kier molecular flexibility index (Phi) is 6.97. The molecule has 0 aromatic heterocycles. The van der Waals surface area contributed by atoms with Crippen LogP contribution in [0.3, 0.4) is 0 Å². The van der Waals surface area contributed by atoms with Crippen molar-refractivity contribution in [3.8, 4) is 0 Å². The molecular weight excluding hydrogens is 393 g/mol. The molecule has 2 fully saturated rings. The van der Waals surface area contributed by atoms with Crippen molar-refractivity contribution >= 4 is 17.5 Å². The Hall–Kier alpha value is -2.73. The summed E-state index contributed by atoms with van der Waals surface area (Å²) in [5.74, 6) is -0.476. The standard InChI is InChI=1S/C25H30FN3O2/c26-22-12-4-2-9-19(22)17-28-14-8-10-20(18-28)24(30)27-23-13-5-3-11-21(23)25(31)29-15-6-1-7-16-29/h2-5,9,11-13,20H,1,6-8,10,14-18H2,(H,27,30). The summed E-state index contributed by atoms with van der Waals surface area (Å²) in [6.07, 6.45) is 4.90. The molecule has 2 aliphatic rings. The molecule has 1 unspecified atom stereocenters. The summed E-state index contributed by atoms with van der Waals surface area (Å²) < 4.78 is 14.0. The van der Waals surface area contributed by atoms with Crippen LogP contribution in [0, 0.1) is 11.7 Å². The van der Waals surface area contributed by atoms with Gasteiger partial charge >= 0.3 is 0 Å². The van der Waals surface area contributed by atoms with Crippen molar-refractivity contribution in [3.63, 3.8) is 0 Å². The highest BCUT2D eigenvalue weighted by Crippen LogP contribution is 2.24. The van der Waals surface area contributed by atoms with E-state index in [1.807, 2.05) is 23.1 Å². The quantitative estimate of drug-likeness (QED) is 0.780. The van der Waals surface area contributed by atoms with Crippen molar-refractivity contribution in [3.05, 3.63) is 65.5 Å². The average Bonchev–Trinajstić information content (AvgIpc) is 2.81. The van der Waals surface area contributed by atoms with E-state index in [1.165, 1.54) is 6.07 Å². The van der Waals surface area contributed by atoms with Gasteiger partial charge in [-0.25, -0.2) is 4.39 Å². The van der Waals surface area contributed by atoms with Gasteiger partial charge in [-0.1, -0.05) is 30.3 Å². The zero-order chi connectivity index (χ0) is 21.6. The second kappa shape index (κ2) is 10.1. The number of anilines is 1. The molecule has 2 aromatic carbocycles. The maximum absolute atomic E-state index is 14.0. The summed E-state index contributed by atoms with van der Waals surface area (Å²) in [4.78, 5) is 30.1. The van der Waals surface area contributed by atoms with Gasteiger partial charge in [0.2, 0.25) is 5.91 Å². The third kappa shape index (κ3) is 5.31. The molecule has 0 radical (unpaired) electrons. The van der Waals surface area contributed by atoms with Crippen LogP contribution in [0.2, 0.25) is 0 Å². The lowest BCUT2D eigenvalue weighted by Gasteiger charge is -2.32. The third-order valence-corrected chi connectivity index (χ3v) is 6.29. The Morgan fingerprint density at radius 3 is 2.48 bits per heavy atom. The topological polar surface area (TPSA) is 52.7 Å². The van der Waals surface area contributed by atoms with Crippen LogP contribution < -0.4 is 5.32 Å². The molecule has 2 saturated heterocycles. The molecule has 0 spiro atoms. The molecule has 5 nitrogen and oxygen atoms in total. The second-order valence-electron chi connectivity index (χ2n) is 8.55. The minimum absolute atomic E-state index is 0.0135. The van der Waals surface area contributed by atoms with E-state index in [9.17, 15) is 14.0 Å². The summed E-state index contributed by atoms with van der Waals surface area (Å²) >= 11 is 0. The second-order valence-corrected chi connectivity index (χ2v) is 8.55. The predicted octanol–water partition coefficient (Wildman–Crippen LogP) is 4.30. The van der Waals surface area contributed by atoms with E-state index in [-0.39, 0.29) is 23.5 Å². The molecule has 1 atom stereocenters. The first-order valence-corrected chi connectivity index (χ1v) is 11.3. The fraction of sp³-hybridized carbons (Fsp3) is 0.440. The number of nitrogens with zero attached hydrogens (tertiary/aromatic N) is 2. The summed E-state index contributed by atoms with van der Waals surface area (Å²) in [7, 11) is 0. The fourth-order valence-electron chi connectivity index (χ4n) is 4.56. The van der Waals surface area contributed by atoms with Crippen molar-refractivity contribution in [1.82, 2.24) is 9.80 Å². The Labute approximate surface area is 183 Å². The van der Waals surface area contributed by atoms with Crippen LogP contribution >= 0.6 is 0 Å². The first kappa shape index (κ1) is 21.5. The van der Waals surface area contributed by atoms with Crippen LogP contribution in [-0.2, 0) is 11.3 Å². The molecule has 6 heteroatoms. The summed E-state index contributed by atoms with van der Waals surface area (Å²) in [5, 5.41) is 3.01. The van der Waals surface area contributed by atoms with Crippen molar-refractivity contribution in [1.29, 1.82) is 0 Å². The van der Waals surface area contributed by atoms with Crippen molar-refractivity contribution < 1.29 is 14.0 Å².